The van der Waals surface area contributed by atoms with E-state index in [-0.39, 0.29) is 22.6 Å². The summed E-state index contributed by atoms with van der Waals surface area (Å²) in [6.07, 6.45) is 2.76. The molecule has 0 unspecified atom stereocenters. The summed E-state index contributed by atoms with van der Waals surface area (Å²) in [4.78, 5) is 14.1. The smallest absolute Gasteiger partial charge is 0.287 e. The molecule has 0 spiro atoms. The second-order valence-corrected chi connectivity index (χ2v) is 8.60. The van der Waals surface area contributed by atoms with E-state index in [1.807, 2.05) is 4.90 Å². The molecule has 0 radical (unpaired) electrons. The van der Waals surface area contributed by atoms with Crippen LogP contribution in [0.1, 0.15) is 35.9 Å². The number of rotatable bonds is 3. The number of carbonyl (C=O) groups is 1. The molecule has 29 heavy (non-hydrogen) atoms. The first-order chi connectivity index (χ1) is 13.8. The van der Waals surface area contributed by atoms with Crippen molar-refractivity contribution in [1.29, 1.82) is 0 Å². The van der Waals surface area contributed by atoms with Crippen LogP contribution in [0.15, 0.2) is 57.0 Å². The Labute approximate surface area is 168 Å². The summed E-state index contributed by atoms with van der Waals surface area (Å²) in [7, 11) is -3.84. The molecule has 0 atom stereocenters. The van der Waals surface area contributed by atoms with Crippen LogP contribution in [-0.4, -0.2) is 44.2 Å². The zero-order valence-corrected chi connectivity index (χ0v) is 16.6. The van der Waals surface area contributed by atoms with Crippen LogP contribution in [0.4, 0.5) is 4.39 Å². The lowest BCUT2D eigenvalue weighted by Crippen LogP contribution is -2.46. The average Bonchev–Trinajstić information content (AvgIpc) is 3.30. The van der Waals surface area contributed by atoms with Gasteiger partial charge in [-0.05, 0) is 49.6 Å². The number of carbonyl (C=O) groups excluding carboxylic acids is 1. The van der Waals surface area contributed by atoms with Crippen LogP contribution in [0.3, 0.4) is 0 Å². The Morgan fingerprint density at radius 2 is 1.90 bits per heavy atom. The van der Waals surface area contributed by atoms with Crippen LogP contribution in [0, 0.1) is 5.82 Å². The number of sulfonamides is 1. The Kier molecular flexibility index (Phi) is 4.99. The van der Waals surface area contributed by atoms with Gasteiger partial charge in [-0.1, -0.05) is 12.1 Å². The molecular weight excluding hydrogens is 397 g/mol. The molecule has 2 aromatic rings. The molecule has 1 aromatic carbocycles. The summed E-state index contributed by atoms with van der Waals surface area (Å²) in [5.41, 5.74) is 0.970. The van der Waals surface area contributed by atoms with Crippen LogP contribution in [-0.2, 0) is 10.0 Å². The monoisotopic (exact) mass is 417 g/mol. The Morgan fingerprint density at radius 1 is 1.21 bits per heavy atom. The number of amides is 1. The van der Waals surface area contributed by atoms with Gasteiger partial charge in [0.15, 0.2) is 5.76 Å². The SMILES string of the molecule is CC1=C(c2ccc(F)cc2)S(=O)(=O)N=C1N1CCC(NC(=O)c2ccco2)CC1. The summed E-state index contributed by atoms with van der Waals surface area (Å²) in [5, 5.41) is 2.93. The lowest BCUT2D eigenvalue weighted by Gasteiger charge is -2.33. The summed E-state index contributed by atoms with van der Waals surface area (Å²) < 4.78 is 47.5. The van der Waals surface area contributed by atoms with E-state index in [0.717, 1.165) is 0 Å². The molecule has 152 valence electrons. The van der Waals surface area contributed by atoms with E-state index in [1.165, 1.54) is 30.5 Å². The molecule has 1 fully saturated rings. The maximum atomic E-state index is 13.2. The van der Waals surface area contributed by atoms with Gasteiger partial charge in [-0.2, -0.15) is 8.42 Å². The molecule has 0 bridgehead atoms. The first-order valence-corrected chi connectivity index (χ1v) is 10.7. The van der Waals surface area contributed by atoms with Crippen LogP contribution >= 0.6 is 0 Å². The van der Waals surface area contributed by atoms with Gasteiger partial charge >= 0.3 is 0 Å². The third-order valence-corrected chi connectivity index (χ3v) is 6.59. The number of amidine groups is 1. The van der Waals surface area contributed by atoms with Crippen LogP contribution < -0.4 is 5.32 Å². The number of halogens is 1. The second-order valence-electron chi connectivity index (χ2n) is 7.06. The second kappa shape index (κ2) is 7.47. The summed E-state index contributed by atoms with van der Waals surface area (Å²) in [6.45, 7) is 2.84. The van der Waals surface area contributed by atoms with Gasteiger partial charge in [0, 0.05) is 24.7 Å². The minimum atomic E-state index is -3.84. The molecule has 1 amide bonds. The number of hydrogen-bond acceptors (Lipinski definition) is 5. The van der Waals surface area contributed by atoms with Gasteiger partial charge in [-0.3, -0.25) is 4.79 Å². The van der Waals surface area contributed by atoms with Gasteiger partial charge in [0.05, 0.1) is 6.26 Å². The van der Waals surface area contributed by atoms with E-state index in [0.29, 0.717) is 42.9 Å². The van der Waals surface area contributed by atoms with Crippen molar-refractivity contribution in [1.82, 2.24) is 10.2 Å². The van der Waals surface area contributed by atoms with Crippen molar-refractivity contribution in [3.05, 3.63) is 65.4 Å². The van der Waals surface area contributed by atoms with Gasteiger partial charge < -0.3 is 14.6 Å². The normalized spacial score (nSPS) is 19.4. The maximum Gasteiger partial charge on any atom is 0.287 e. The van der Waals surface area contributed by atoms with Crippen molar-refractivity contribution < 1.29 is 22.0 Å². The molecule has 9 heteroatoms. The average molecular weight is 417 g/mol. The molecule has 2 aliphatic rings. The first kappa shape index (κ1) is 19.4. The van der Waals surface area contributed by atoms with Crippen LogP contribution in [0.2, 0.25) is 0 Å². The van der Waals surface area contributed by atoms with E-state index in [9.17, 15) is 17.6 Å². The first-order valence-electron chi connectivity index (χ1n) is 9.26. The quantitative estimate of drug-likeness (QED) is 0.829. The Hall–Kier alpha value is -2.94. The Balaban J connectivity index is 1.47. The Morgan fingerprint density at radius 3 is 2.52 bits per heavy atom. The van der Waals surface area contributed by atoms with Gasteiger partial charge in [-0.25, -0.2) is 4.39 Å². The molecule has 4 rings (SSSR count). The summed E-state index contributed by atoms with van der Waals surface area (Å²) in [6, 6.07) is 8.59. The van der Waals surface area contributed by atoms with Gasteiger partial charge in [0.2, 0.25) is 0 Å². The lowest BCUT2D eigenvalue weighted by atomic mass is 10.0. The van der Waals surface area contributed by atoms with E-state index >= 15 is 0 Å². The Bertz CT molecular complexity index is 1080. The molecule has 1 saturated heterocycles. The molecule has 0 aliphatic carbocycles. The maximum absolute atomic E-state index is 13.2. The molecule has 1 N–H and O–H groups in total. The summed E-state index contributed by atoms with van der Waals surface area (Å²) >= 11 is 0. The zero-order chi connectivity index (χ0) is 20.6. The molecular formula is C20H20FN3O4S. The summed E-state index contributed by atoms with van der Waals surface area (Å²) in [5.74, 6) is -0.00680. The molecule has 3 heterocycles. The fourth-order valence-corrected chi connectivity index (χ4v) is 5.17. The third-order valence-electron chi connectivity index (χ3n) is 5.12. The number of nitrogens with one attached hydrogen (secondary N) is 1. The van der Waals surface area contributed by atoms with Crippen molar-refractivity contribution in [2.45, 2.75) is 25.8 Å². The largest absolute Gasteiger partial charge is 0.459 e. The predicted octanol–water partition coefficient (Wildman–Crippen LogP) is 2.79. The van der Waals surface area contributed by atoms with E-state index in [2.05, 4.69) is 9.71 Å². The van der Waals surface area contributed by atoms with Crippen molar-refractivity contribution in [3.63, 3.8) is 0 Å². The molecule has 7 nitrogen and oxygen atoms in total. The number of benzene rings is 1. The van der Waals surface area contributed by atoms with Crippen LogP contribution in [0.5, 0.6) is 0 Å². The third kappa shape index (κ3) is 3.82. The highest BCUT2D eigenvalue weighted by atomic mass is 32.2. The standard InChI is InChI=1S/C20H20FN3O4S/c1-13-18(14-4-6-15(21)7-5-14)29(26,27)23-19(13)24-10-8-16(9-11-24)22-20(25)17-3-2-12-28-17/h2-7,12,16H,8-11H2,1H3,(H,22,25). The molecule has 0 saturated carbocycles. The predicted molar refractivity (Wildman–Crippen MR) is 106 cm³/mol. The highest BCUT2D eigenvalue weighted by Gasteiger charge is 2.35. The number of piperidine rings is 1. The number of nitrogens with zero attached hydrogens (tertiary/aromatic N) is 2. The minimum Gasteiger partial charge on any atom is -0.459 e. The van der Waals surface area contributed by atoms with E-state index in [1.54, 1.807) is 19.1 Å². The molecule has 1 aromatic heterocycles. The minimum absolute atomic E-state index is 0.0247. The van der Waals surface area contributed by atoms with Crippen molar-refractivity contribution in [3.8, 4) is 0 Å². The highest BCUT2D eigenvalue weighted by Crippen LogP contribution is 2.34. The number of furan rings is 1. The van der Waals surface area contributed by atoms with Gasteiger partial charge in [0.25, 0.3) is 15.9 Å². The van der Waals surface area contributed by atoms with Crippen molar-refractivity contribution in [2.75, 3.05) is 13.1 Å². The molecule has 2 aliphatic heterocycles. The van der Waals surface area contributed by atoms with Crippen molar-refractivity contribution >= 4 is 26.7 Å². The fraction of sp³-hybridized carbons (Fsp3) is 0.300. The van der Waals surface area contributed by atoms with Gasteiger partial charge in [-0.15, -0.1) is 4.40 Å². The van der Waals surface area contributed by atoms with E-state index < -0.39 is 15.8 Å². The van der Waals surface area contributed by atoms with Crippen LogP contribution in [0.25, 0.3) is 4.91 Å². The fourth-order valence-electron chi connectivity index (χ4n) is 3.68. The number of likely N-dealkylation sites (tertiary alicyclic amines) is 1. The topological polar surface area (TPSA) is 92.0 Å². The van der Waals surface area contributed by atoms with E-state index in [4.69, 9.17) is 4.42 Å². The van der Waals surface area contributed by atoms with Crippen molar-refractivity contribution in [2.24, 2.45) is 4.40 Å². The number of hydrogen-bond donors (Lipinski definition) is 1. The zero-order valence-electron chi connectivity index (χ0n) is 15.8. The van der Waals surface area contributed by atoms with Gasteiger partial charge in [0.1, 0.15) is 16.6 Å². The highest BCUT2D eigenvalue weighted by molar-refractivity contribution is 8.00. The lowest BCUT2D eigenvalue weighted by molar-refractivity contribution is 0.0894.